The van der Waals surface area contributed by atoms with Crippen molar-refractivity contribution in [3.8, 4) is 0 Å². The zero-order valence-corrected chi connectivity index (χ0v) is 12.4. The molecule has 0 fully saturated rings. The van der Waals surface area contributed by atoms with E-state index in [1.807, 2.05) is 17.5 Å². The van der Waals surface area contributed by atoms with Crippen LogP contribution in [0.4, 0.5) is 0 Å². The first kappa shape index (κ1) is 16.0. The number of hydrogen-bond donors (Lipinski definition) is 2. The molecule has 1 heterocycles. The lowest BCUT2D eigenvalue weighted by Crippen LogP contribution is -2.26. The molecule has 0 spiro atoms. The van der Waals surface area contributed by atoms with Gasteiger partial charge in [-0.15, -0.1) is 23.1 Å². The molecule has 0 aliphatic heterocycles. The zero-order chi connectivity index (χ0) is 13.9. The van der Waals surface area contributed by atoms with Gasteiger partial charge in [0.25, 0.3) is 0 Å². The summed E-state index contributed by atoms with van der Waals surface area (Å²) in [5.74, 6) is -0.220. The first-order valence-corrected chi connectivity index (χ1v) is 8.20. The van der Waals surface area contributed by atoms with Crippen LogP contribution in [0, 0.1) is 0 Å². The van der Waals surface area contributed by atoms with Crippen LogP contribution in [0.25, 0.3) is 0 Å². The van der Waals surface area contributed by atoms with E-state index in [0.717, 1.165) is 29.9 Å². The minimum Gasteiger partial charge on any atom is -0.481 e. The van der Waals surface area contributed by atoms with E-state index >= 15 is 0 Å². The summed E-state index contributed by atoms with van der Waals surface area (Å²) in [4.78, 5) is 21.8. The lowest BCUT2D eigenvalue weighted by atomic mass is 10.1. The second-order valence-electron chi connectivity index (χ2n) is 4.13. The summed E-state index contributed by atoms with van der Waals surface area (Å²) in [5.41, 5.74) is 0. The summed E-state index contributed by atoms with van der Waals surface area (Å²) >= 11 is 3.19. The molecule has 1 aromatic rings. The van der Waals surface area contributed by atoms with Crippen molar-refractivity contribution in [2.75, 3.05) is 12.3 Å². The highest BCUT2D eigenvalue weighted by atomic mass is 32.2. The Kier molecular flexibility index (Phi) is 8.33. The van der Waals surface area contributed by atoms with Gasteiger partial charge in [0, 0.05) is 13.0 Å². The van der Waals surface area contributed by atoms with Crippen LogP contribution < -0.4 is 5.32 Å². The maximum absolute atomic E-state index is 11.5. The maximum atomic E-state index is 11.5. The summed E-state index contributed by atoms with van der Waals surface area (Å²) < 4.78 is 1.16. The molecule has 0 saturated carbocycles. The van der Waals surface area contributed by atoms with Gasteiger partial charge in [-0.25, -0.2) is 0 Å². The van der Waals surface area contributed by atoms with Crippen molar-refractivity contribution in [2.45, 2.75) is 36.3 Å². The van der Waals surface area contributed by atoms with E-state index in [2.05, 4.69) is 5.32 Å². The van der Waals surface area contributed by atoms with Crippen molar-refractivity contribution >= 4 is 35.0 Å². The predicted octanol–water partition coefficient (Wildman–Crippen LogP) is 2.99. The van der Waals surface area contributed by atoms with Crippen molar-refractivity contribution in [3.05, 3.63) is 17.5 Å². The first-order valence-electron chi connectivity index (χ1n) is 6.33. The Hall–Kier alpha value is -1.01. The van der Waals surface area contributed by atoms with E-state index in [-0.39, 0.29) is 12.3 Å². The smallest absolute Gasteiger partial charge is 0.303 e. The third kappa shape index (κ3) is 8.67. The van der Waals surface area contributed by atoms with Gasteiger partial charge in [-0.3, -0.25) is 9.59 Å². The topological polar surface area (TPSA) is 66.4 Å². The molecule has 106 valence electrons. The number of hydrogen-bond acceptors (Lipinski definition) is 4. The highest BCUT2D eigenvalue weighted by Gasteiger charge is 2.02. The highest BCUT2D eigenvalue weighted by Crippen LogP contribution is 2.22. The van der Waals surface area contributed by atoms with E-state index in [1.54, 1.807) is 23.1 Å². The summed E-state index contributed by atoms with van der Waals surface area (Å²) in [6, 6.07) is 3.98. The van der Waals surface area contributed by atoms with Crippen LogP contribution in [0.2, 0.25) is 0 Å². The summed E-state index contributed by atoms with van der Waals surface area (Å²) in [6.07, 6.45) is 3.74. The molecule has 0 aromatic carbocycles. The Balaban J connectivity index is 1.91. The summed E-state index contributed by atoms with van der Waals surface area (Å²) in [7, 11) is 0. The fourth-order valence-corrected chi connectivity index (χ4v) is 3.13. The molecular formula is C13H19NO3S2. The van der Waals surface area contributed by atoms with Crippen LogP contribution in [-0.4, -0.2) is 29.3 Å². The predicted molar refractivity (Wildman–Crippen MR) is 78.8 cm³/mol. The Bertz CT molecular complexity index is 379. The van der Waals surface area contributed by atoms with Gasteiger partial charge in [-0.05, 0) is 24.3 Å². The Morgan fingerprint density at radius 3 is 2.74 bits per heavy atom. The van der Waals surface area contributed by atoms with E-state index in [1.165, 1.54) is 0 Å². The third-order valence-electron chi connectivity index (χ3n) is 2.48. The summed E-state index contributed by atoms with van der Waals surface area (Å²) in [6.45, 7) is 0.677. The molecule has 0 unspecified atom stereocenters. The highest BCUT2D eigenvalue weighted by molar-refractivity contribution is 8.01. The van der Waals surface area contributed by atoms with Crippen molar-refractivity contribution < 1.29 is 14.7 Å². The van der Waals surface area contributed by atoms with E-state index in [9.17, 15) is 9.59 Å². The molecule has 19 heavy (non-hydrogen) atoms. The van der Waals surface area contributed by atoms with Gasteiger partial charge < -0.3 is 10.4 Å². The number of amides is 1. The number of carbonyl (C=O) groups is 2. The van der Waals surface area contributed by atoms with Gasteiger partial charge in [0.1, 0.15) is 0 Å². The van der Waals surface area contributed by atoms with Gasteiger partial charge >= 0.3 is 5.97 Å². The van der Waals surface area contributed by atoms with Crippen LogP contribution >= 0.6 is 23.1 Å². The van der Waals surface area contributed by atoms with Crippen molar-refractivity contribution in [2.24, 2.45) is 0 Å². The molecule has 6 heteroatoms. The van der Waals surface area contributed by atoms with Crippen LogP contribution in [0.15, 0.2) is 21.7 Å². The fourth-order valence-electron chi connectivity index (χ4n) is 1.52. The number of nitrogens with one attached hydrogen (secondary N) is 1. The Labute approximate surface area is 121 Å². The number of thioether (sulfide) groups is 1. The van der Waals surface area contributed by atoms with Gasteiger partial charge in [-0.2, -0.15) is 0 Å². The number of carbonyl (C=O) groups excluding carboxylic acids is 1. The molecule has 4 nitrogen and oxygen atoms in total. The summed E-state index contributed by atoms with van der Waals surface area (Å²) in [5, 5.41) is 13.3. The SMILES string of the molecule is O=C(O)CCCCCCNC(=O)CSc1cccs1. The second-order valence-corrected chi connectivity index (χ2v) is 6.35. The normalized spacial score (nSPS) is 10.3. The molecular weight excluding hydrogens is 282 g/mol. The first-order chi connectivity index (χ1) is 9.18. The van der Waals surface area contributed by atoms with Gasteiger partial charge in [0.2, 0.25) is 5.91 Å². The number of thiophene rings is 1. The Morgan fingerprint density at radius 1 is 1.26 bits per heavy atom. The number of carboxylic acids is 1. The van der Waals surface area contributed by atoms with Crippen molar-refractivity contribution in [3.63, 3.8) is 0 Å². The molecule has 0 radical (unpaired) electrons. The second kappa shape index (κ2) is 9.86. The molecule has 0 aliphatic carbocycles. The quantitative estimate of drug-likeness (QED) is 0.515. The van der Waals surface area contributed by atoms with Gasteiger partial charge in [0.05, 0.1) is 9.96 Å². The lowest BCUT2D eigenvalue weighted by Gasteiger charge is -2.04. The Morgan fingerprint density at radius 2 is 2.05 bits per heavy atom. The van der Waals surface area contributed by atoms with Crippen LogP contribution in [0.1, 0.15) is 32.1 Å². The molecule has 1 rings (SSSR count). The molecule has 0 saturated heterocycles. The molecule has 2 N–H and O–H groups in total. The number of rotatable bonds is 10. The molecule has 0 bridgehead atoms. The van der Waals surface area contributed by atoms with Gasteiger partial charge in [-0.1, -0.05) is 18.9 Å². The fraction of sp³-hybridized carbons (Fsp3) is 0.538. The average molecular weight is 301 g/mol. The molecule has 1 aromatic heterocycles. The largest absolute Gasteiger partial charge is 0.481 e. The number of unbranched alkanes of at least 4 members (excludes halogenated alkanes) is 3. The third-order valence-corrected chi connectivity index (χ3v) is 4.61. The van der Waals surface area contributed by atoms with Crippen LogP contribution in [-0.2, 0) is 9.59 Å². The van der Waals surface area contributed by atoms with Crippen molar-refractivity contribution in [1.29, 1.82) is 0 Å². The molecule has 0 atom stereocenters. The minimum atomic E-state index is -0.737. The van der Waals surface area contributed by atoms with E-state index < -0.39 is 5.97 Å². The minimum absolute atomic E-state index is 0.0592. The van der Waals surface area contributed by atoms with Crippen LogP contribution in [0.3, 0.4) is 0 Å². The monoisotopic (exact) mass is 301 g/mol. The lowest BCUT2D eigenvalue weighted by molar-refractivity contribution is -0.137. The zero-order valence-electron chi connectivity index (χ0n) is 10.8. The van der Waals surface area contributed by atoms with Crippen molar-refractivity contribution in [1.82, 2.24) is 5.32 Å². The average Bonchev–Trinajstić information content (AvgIpc) is 2.88. The van der Waals surface area contributed by atoms with Crippen LogP contribution in [0.5, 0.6) is 0 Å². The van der Waals surface area contributed by atoms with E-state index in [4.69, 9.17) is 5.11 Å². The standard InChI is InChI=1S/C13H19NO3S2/c15-11(10-19-13-7-5-9-18-13)14-8-4-2-1-3-6-12(16)17/h5,7,9H,1-4,6,8,10H2,(H,14,15)(H,16,17). The molecule has 1 amide bonds. The number of carboxylic acid groups (broad SMARTS) is 1. The van der Waals surface area contributed by atoms with Gasteiger partial charge in [0.15, 0.2) is 0 Å². The maximum Gasteiger partial charge on any atom is 0.303 e. The van der Waals surface area contributed by atoms with E-state index in [0.29, 0.717) is 12.3 Å². The number of aliphatic carboxylic acids is 1. The molecule has 0 aliphatic rings.